The fourth-order valence-electron chi connectivity index (χ4n) is 3.15. The molecule has 5 amide bonds. The van der Waals surface area contributed by atoms with Crippen LogP contribution in [-0.4, -0.2) is 42.0 Å². The third-order valence-corrected chi connectivity index (χ3v) is 4.42. The SMILES string of the molecule is CCOC(=O)NC(=O)CN1C(=O)N[C@](C)(c2cccc3ccccc23)C1=O. The fraction of sp³-hybridized carbons (Fsp3) is 0.263. The summed E-state index contributed by atoms with van der Waals surface area (Å²) in [6.07, 6.45) is -0.925. The van der Waals surface area contributed by atoms with Crippen LogP contribution in [0, 0.1) is 0 Å². The minimum Gasteiger partial charge on any atom is -0.450 e. The van der Waals surface area contributed by atoms with Crippen molar-refractivity contribution in [1.29, 1.82) is 0 Å². The Morgan fingerprint density at radius 2 is 1.85 bits per heavy atom. The maximum absolute atomic E-state index is 13.0. The van der Waals surface area contributed by atoms with E-state index in [4.69, 9.17) is 0 Å². The van der Waals surface area contributed by atoms with E-state index < -0.39 is 36.0 Å². The molecule has 0 saturated carbocycles. The predicted octanol–water partition coefficient (Wildman–Crippen LogP) is 1.88. The van der Waals surface area contributed by atoms with Crippen molar-refractivity contribution in [2.75, 3.05) is 13.2 Å². The normalized spacial score (nSPS) is 19.1. The summed E-state index contributed by atoms with van der Waals surface area (Å²) >= 11 is 0. The number of carbonyl (C=O) groups is 4. The van der Waals surface area contributed by atoms with Crippen molar-refractivity contribution in [2.24, 2.45) is 0 Å². The van der Waals surface area contributed by atoms with Crippen LogP contribution in [-0.2, 0) is 19.9 Å². The quantitative estimate of drug-likeness (QED) is 0.801. The van der Waals surface area contributed by atoms with E-state index in [1.807, 2.05) is 35.6 Å². The summed E-state index contributed by atoms with van der Waals surface area (Å²) < 4.78 is 4.61. The molecule has 8 heteroatoms. The lowest BCUT2D eigenvalue weighted by atomic mass is 9.88. The maximum atomic E-state index is 13.0. The molecule has 1 aliphatic heterocycles. The lowest BCUT2D eigenvalue weighted by Gasteiger charge is -2.24. The molecule has 2 aromatic carbocycles. The van der Waals surface area contributed by atoms with Gasteiger partial charge in [-0.25, -0.2) is 9.59 Å². The van der Waals surface area contributed by atoms with E-state index >= 15 is 0 Å². The molecule has 1 fully saturated rings. The van der Waals surface area contributed by atoms with Crippen molar-refractivity contribution in [1.82, 2.24) is 15.5 Å². The number of rotatable bonds is 4. The van der Waals surface area contributed by atoms with Crippen molar-refractivity contribution in [3.8, 4) is 0 Å². The summed E-state index contributed by atoms with van der Waals surface area (Å²) in [5.74, 6) is -1.37. The van der Waals surface area contributed by atoms with Gasteiger partial charge in [-0.1, -0.05) is 42.5 Å². The van der Waals surface area contributed by atoms with Crippen LogP contribution in [0.3, 0.4) is 0 Å². The number of amides is 5. The Morgan fingerprint density at radius 3 is 2.59 bits per heavy atom. The van der Waals surface area contributed by atoms with Gasteiger partial charge in [-0.05, 0) is 30.2 Å². The Kier molecular flexibility index (Phi) is 4.81. The first-order valence-electron chi connectivity index (χ1n) is 8.45. The molecule has 8 nitrogen and oxygen atoms in total. The molecular formula is C19H19N3O5. The van der Waals surface area contributed by atoms with E-state index in [0.717, 1.165) is 15.7 Å². The van der Waals surface area contributed by atoms with Gasteiger partial charge >= 0.3 is 12.1 Å². The predicted molar refractivity (Wildman–Crippen MR) is 96.7 cm³/mol. The number of nitrogens with one attached hydrogen (secondary N) is 2. The molecule has 2 N–H and O–H groups in total. The van der Waals surface area contributed by atoms with Gasteiger partial charge in [-0.3, -0.25) is 19.8 Å². The van der Waals surface area contributed by atoms with Gasteiger partial charge in [0.05, 0.1) is 6.61 Å². The molecule has 0 bridgehead atoms. The number of imide groups is 2. The first-order valence-corrected chi connectivity index (χ1v) is 8.45. The lowest BCUT2D eigenvalue weighted by Crippen LogP contribution is -2.44. The molecule has 0 spiro atoms. The number of ether oxygens (including phenoxy) is 1. The molecule has 1 heterocycles. The summed E-state index contributed by atoms with van der Waals surface area (Å²) in [5.41, 5.74) is -0.686. The molecule has 0 unspecified atom stereocenters. The molecule has 2 aromatic rings. The van der Waals surface area contributed by atoms with Crippen LogP contribution in [0.2, 0.25) is 0 Å². The minimum absolute atomic E-state index is 0.0986. The van der Waals surface area contributed by atoms with Gasteiger partial charge in [0.2, 0.25) is 5.91 Å². The Hall–Kier alpha value is -3.42. The van der Waals surface area contributed by atoms with E-state index in [9.17, 15) is 19.2 Å². The van der Waals surface area contributed by atoms with Crippen LogP contribution in [0.15, 0.2) is 42.5 Å². The van der Waals surface area contributed by atoms with Gasteiger partial charge in [-0.2, -0.15) is 0 Å². The number of nitrogens with zero attached hydrogens (tertiary/aromatic N) is 1. The van der Waals surface area contributed by atoms with Crippen molar-refractivity contribution in [3.05, 3.63) is 48.0 Å². The van der Waals surface area contributed by atoms with Crippen molar-refractivity contribution in [3.63, 3.8) is 0 Å². The molecule has 0 aliphatic carbocycles. The monoisotopic (exact) mass is 369 g/mol. The number of fused-ring (bicyclic) bond motifs is 1. The summed E-state index contributed by atoms with van der Waals surface area (Å²) in [7, 11) is 0. The van der Waals surface area contributed by atoms with Gasteiger partial charge in [0.25, 0.3) is 5.91 Å². The molecular weight excluding hydrogens is 350 g/mol. The zero-order valence-electron chi connectivity index (χ0n) is 14.9. The number of urea groups is 1. The number of carbonyl (C=O) groups excluding carboxylic acids is 4. The first-order chi connectivity index (χ1) is 12.9. The number of hydrogen-bond donors (Lipinski definition) is 2. The second-order valence-corrected chi connectivity index (χ2v) is 6.24. The largest absolute Gasteiger partial charge is 0.450 e. The van der Waals surface area contributed by atoms with Crippen molar-refractivity contribution in [2.45, 2.75) is 19.4 Å². The summed E-state index contributed by atoms with van der Waals surface area (Å²) in [6, 6.07) is 12.3. The summed E-state index contributed by atoms with van der Waals surface area (Å²) in [4.78, 5) is 49.4. The van der Waals surface area contributed by atoms with E-state index in [1.54, 1.807) is 26.0 Å². The average molecular weight is 369 g/mol. The van der Waals surface area contributed by atoms with E-state index in [-0.39, 0.29) is 6.61 Å². The highest BCUT2D eigenvalue weighted by Crippen LogP contribution is 2.33. The third kappa shape index (κ3) is 3.33. The Morgan fingerprint density at radius 1 is 1.15 bits per heavy atom. The number of benzene rings is 2. The molecule has 0 radical (unpaired) electrons. The molecule has 27 heavy (non-hydrogen) atoms. The second kappa shape index (κ2) is 7.06. The zero-order valence-corrected chi connectivity index (χ0v) is 14.9. The van der Waals surface area contributed by atoms with Crippen LogP contribution in [0.25, 0.3) is 10.8 Å². The minimum atomic E-state index is -1.32. The third-order valence-electron chi connectivity index (χ3n) is 4.42. The molecule has 140 valence electrons. The Bertz CT molecular complexity index is 937. The van der Waals surface area contributed by atoms with Crippen molar-refractivity contribution < 1.29 is 23.9 Å². The highest BCUT2D eigenvalue weighted by molar-refractivity contribution is 6.11. The van der Waals surface area contributed by atoms with Crippen LogP contribution < -0.4 is 10.6 Å². The first kappa shape index (κ1) is 18.4. The van der Waals surface area contributed by atoms with Crippen LogP contribution in [0.5, 0.6) is 0 Å². The Balaban J connectivity index is 1.86. The standard InChI is InChI=1S/C19H19N3O5/c1-3-27-18(26)20-15(23)11-22-16(24)19(2,21-17(22)25)14-10-6-8-12-7-4-5-9-13(12)14/h4-10H,3,11H2,1-2H3,(H,21,25)(H,20,23,26)/t19-/m1/s1. The van der Waals surface area contributed by atoms with Gasteiger partial charge in [0.1, 0.15) is 12.1 Å². The van der Waals surface area contributed by atoms with E-state index in [2.05, 4.69) is 10.1 Å². The van der Waals surface area contributed by atoms with E-state index in [0.29, 0.717) is 5.56 Å². The van der Waals surface area contributed by atoms with Gasteiger partial charge in [-0.15, -0.1) is 0 Å². The molecule has 1 saturated heterocycles. The Labute approximate surface area is 155 Å². The highest BCUT2D eigenvalue weighted by Gasteiger charge is 2.50. The molecule has 3 rings (SSSR count). The van der Waals surface area contributed by atoms with Gasteiger partial charge in [0.15, 0.2) is 0 Å². The molecule has 1 aliphatic rings. The van der Waals surface area contributed by atoms with Crippen LogP contribution >= 0.6 is 0 Å². The maximum Gasteiger partial charge on any atom is 0.413 e. The second-order valence-electron chi connectivity index (χ2n) is 6.24. The highest BCUT2D eigenvalue weighted by atomic mass is 16.5. The smallest absolute Gasteiger partial charge is 0.413 e. The van der Waals surface area contributed by atoms with Gasteiger partial charge < -0.3 is 10.1 Å². The molecule has 1 atom stereocenters. The molecule has 0 aromatic heterocycles. The average Bonchev–Trinajstić information content (AvgIpc) is 2.85. The van der Waals surface area contributed by atoms with Crippen LogP contribution in [0.1, 0.15) is 19.4 Å². The van der Waals surface area contributed by atoms with Gasteiger partial charge in [0, 0.05) is 0 Å². The summed E-state index contributed by atoms with van der Waals surface area (Å²) in [5, 5.41) is 6.39. The topological polar surface area (TPSA) is 105 Å². The number of hydrogen-bond acceptors (Lipinski definition) is 5. The van der Waals surface area contributed by atoms with E-state index in [1.165, 1.54) is 0 Å². The van der Waals surface area contributed by atoms with Crippen molar-refractivity contribution >= 4 is 34.7 Å². The zero-order chi connectivity index (χ0) is 19.6. The fourth-order valence-corrected chi connectivity index (χ4v) is 3.15. The van der Waals surface area contributed by atoms with Crippen LogP contribution in [0.4, 0.5) is 9.59 Å². The lowest BCUT2D eigenvalue weighted by molar-refractivity contribution is -0.134. The summed E-state index contributed by atoms with van der Waals surface area (Å²) in [6.45, 7) is 2.71. The number of alkyl carbamates (subject to hydrolysis) is 1.